The number of hydrogen-bond donors (Lipinski definition) is 1. The van der Waals surface area contributed by atoms with E-state index < -0.39 is 6.17 Å². The maximum Gasteiger partial charge on any atom is 0.133 e. The Kier molecular flexibility index (Phi) is 5.15. The topological polar surface area (TPSA) is 35.2 Å². The van der Waals surface area contributed by atoms with Crippen LogP contribution in [-0.4, -0.2) is 13.7 Å². The van der Waals surface area contributed by atoms with Gasteiger partial charge in [-0.3, -0.25) is 0 Å². The number of hydrogen-bond acceptors (Lipinski definition) is 2. The Labute approximate surface area is 109 Å². The molecule has 0 aliphatic heterocycles. The van der Waals surface area contributed by atoms with Gasteiger partial charge in [0.2, 0.25) is 0 Å². The summed E-state index contributed by atoms with van der Waals surface area (Å²) >= 11 is 0. The maximum absolute atomic E-state index is 14.7. The van der Waals surface area contributed by atoms with Crippen molar-refractivity contribution < 1.29 is 9.13 Å². The normalized spacial score (nSPS) is 14.7. The zero-order chi connectivity index (χ0) is 13.9. The van der Waals surface area contributed by atoms with Crippen molar-refractivity contribution in [3.8, 4) is 5.75 Å². The number of ether oxygens (including phenoxy) is 1. The van der Waals surface area contributed by atoms with Crippen molar-refractivity contribution in [1.29, 1.82) is 0 Å². The van der Waals surface area contributed by atoms with Gasteiger partial charge in [-0.05, 0) is 43.5 Å². The van der Waals surface area contributed by atoms with Crippen LogP contribution >= 0.6 is 0 Å². The van der Waals surface area contributed by atoms with E-state index in [-0.39, 0.29) is 11.8 Å². The third-order valence-electron chi connectivity index (χ3n) is 3.49. The van der Waals surface area contributed by atoms with Gasteiger partial charge in [-0.2, -0.15) is 0 Å². The van der Waals surface area contributed by atoms with Crippen molar-refractivity contribution in [2.75, 3.05) is 13.7 Å². The molecule has 0 amide bonds. The van der Waals surface area contributed by atoms with Crippen LogP contribution in [0.1, 0.15) is 36.7 Å². The summed E-state index contributed by atoms with van der Waals surface area (Å²) in [4.78, 5) is 0. The average molecular weight is 253 g/mol. The molecule has 0 saturated carbocycles. The molecular weight excluding hydrogens is 229 g/mol. The largest absolute Gasteiger partial charge is 0.496 e. The molecule has 0 aliphatic rings. The summed E-state index contributed by atoms with van der Waals surface area (Å²) < 4.78 is 20.1. The molecule has 0 bridgehead atoms. The van der Waals surface area contributed by atoms with Gasteiger partial charge in [-0.15, -0.1) is 0 Å². The summed E-state index contributed by atoms with van der Waals surface area (Å²) in [5.41, 5.74) is 8.36. The molecule has 2 nitrogen and oxygen atoms in total. The van der Waals surface area contributed by atoms with Crippen molar-refractivity contribution in [2.24, 2.45) is 17.6 Å². The Morgan fingerprint density at radius 2 is 1.89 bits per heavy atom. The zero-order valence-corrected chi connectivity index (χ0v) is 12.0. The van der Waals surface area contributed by atoms with Crippen LogP contribution in [0.4, 0.5) is 4.39 Å². The fourth-order valence-electron chi connectivity index (χ4n) is 2.41. The number of alkyl halides is 1. The Bertz CT molecular complexity index is 404. The highest BCUT2D eigenvalue weighted by atomic mass is 19.1. The predicted octanol–water partition coefficient (Wildman–Crippen LogP) is 3.55. The molecule has 2 unspecified atom stereocenters. The SMILES string of the molecule is COc1cc(C)cc(C)c1C(F)C(CN)C(C)C. The van der Waals surface area contributed by atoms with Gasteiger partial charge in [-0.25, -0.2) is 4.39 Å². The second-order valence-corrected chi connectivity index (χ2v) is 5.24. The van der Waals surface area contributed by atoms with E-state index in [1.54, 1.807) is 7.11 Å². The third kappa shape index (κ3) is 3.02. The molecule has 0 heterocycles. The summed E-state index contributed by atoms with van der Waals surface area (Å²) in [6, 6.07) is 3.86. The number of methoxy groups -OCH3 is 1. The maximum atomic E-state index is 14.7. The van der Waals surface area contributed by atoms with Crippen LogP contribution in [0.2, 0.25) is 0 Å². The standard InChI is InChI=1S/C15H24FNO/c1-9(2)12(8-17)15(16)14-11(4)6-10(3)7-13(14)18-5/h6-7,9,12,15H,8,17H2,1-5H3. The van der Waals surface area contributed by atoms with Crippen molar-refractivity contribution in [1.82, 2.24) is 0 Å². The van der Waals surface area contributed by atoms with Gasteiger partial charge < -0.3 is 10.5 Å². The van der Waals surface area contributed by atoms with Crippen LogP contribution in [0.15, 0.2) is 12.1 Å². The Balaban J connectivity index is 3.22. The number of nitrogens with two attached hydrogens (primary N) is 1. The second kappa shape index (κ2) is 6.19. The highest BCUT2D eigenvalue weighted by Crippen LogP contribution is 2.38. The minimum Gasteiger partial charge on any atom is -0.496 e. The van der Waals surface area contributed by atoms with E-state index in [1.807, 2.05) is 39.8 Å². The first-order chi connectivity index (χ1) is 8.42. The van der Waals surface area contributed by atoms with Crippen LogP contribution < -0.4 is 10.5 Å². The lowest BCUT2D eigenvalue weighted by Crippen LogP contribution is -2.25. The summed E-state index contributed by atoms with van der Waals surface area (Å²) in [6.45, 7) is 8.25. The van der Waals surface area contributed by atoms with E-state index in [0.29, 0.717) is 17.9 Å². The first kappa shape index (κ1) is 15.0. The monoisotopic (exact) mass is 253 g/mol. The summed E-state index contributed by atoms with van der Waals surface area (Å²) in [6.07, 6.45) is -1.08. The number of benzene rings is 1. The van der Waals surface area contributed by atoms with Crippen molar-refractivity contribution in [3.05, 3.63) is 28.8 Å². The van der Waals surface area contributed by atoms with Gasteiger partial charge in [0.25, 0.3) is 0 Å². The molecule has 0 aromatic heterocycles. The molecule has 1 aromatic carbocycles. The molecule has 0 radical (unpaired) electrons. The van der Waals surface area contributed by atoms with Gasteiger partial charge in [0.1, 0.15) is 11.9 Å². The van der Waals surface area contributed by atoms with E-state index in [2.05, 4.69) is 0 Å². The van der Waals surface area contributed by atoms with E-state index in [1.165, 1.54) is 0 Å². The van der Waals surface area contributed by atoms with E-state index in [0.717, 1.165) is 11.1 Å². The molecule has 102 valence electrons. The van der Waals surface area contributed by atoms with E-state index >= 15 is 0 Å². The summed E-state index contributed by atoms with van der Waals surface area (Å²) in [5, 5.41) is 0. The first-order valence-corrected chi connectivity index (χ1v) is 6.41. The lowest BCUT2D eigenvalue weighted by molar-refractivity contribution is 0.183. The van der Waals surface area contributed by atoms with Gasteiger partial charge in [0.05, 0.1) is 7.11 Å². The van der Waals surface area contributed by atoms with Crippen molar-refractivity contribution >= 4 is 0 Å². The Morgan fingerprint density at radius 1 is 1.28 bits per heavy atom. The minimum atomic E-state index is -1.08. The van der Waals surface area contributed by atoms with Crippen LogP contribution in [-0.2, 0) is 0 Å². The van der Waals surface area contributed by atoms with Gasteiger partial charge in [-0.1, -0.05) is 19.9 Å². The molecule has 0 aliphatic carbocycles. The van der Waals surface area contributed by atoms with Crippen LogP contribution in [0.3, 0.4) is 0 Å². The van der Waals surface area contributed by atoms with E-state index in [9.17, 15) is 4.39 Å². The van der Waals surface area contributed by atoms with Crippen LogP contribution in [0, 0.1) is 25.7 Å². The van der Waals surface area contributed by atoms with Gasteiger partial charge >= 0.3 is 0 Å². The van der Waals surface area contributed by atoms with Crippen LogP contribution in [0.25, 0.3) is 0 Å². The van der Waals surface area contributed by atoms with Gasteiger partial charge in [0, 0.05) is 11.5 Å². The quantitative estimate of drug-likeness (QED) is 0.871. The third-order valence-corrected chi connectivity index (χ3v) is 3.49. The summed E-state index contributed by atoms with van der Waals surface area (Å²) in [5.74, 6) is 0.648. The molecule has 0 saturated heterocycles. The molecule has 0 spiro atoms. The molecule has 2 N–H and O–H groups in total. The van der Waals surface area contributed by atoms with E-state index in [4.69, 9.17) is 10.5 Å². The number of halogens is 1. The molecule has 1 aromatic rings. The molecule has 3 heteroatoms. The predicted molar refractivity (Wildman–Crippen MR) is 73.7 cm³/mol. The fourth-order valence-corrected chi connectivity index (χ4v) is 2.41. The van der Waals surface area contributed by atoms with Gasteiger partial charge in [0.15, 0.2) is 0 Å². The average Bonchev–Trinajstić information content (AvgIpc) is 2.27. The summed E-state index contributed by atoms with van der Waals surface area (Å²) in [7, 11) is 1.58. The highest BCUT2D eigenvalue weighted by Gasteiger charge is 2.28. The molecule has 1 rings (SSSR count). The minimum absolute atomic E-state index is 0.180. The number of rotatable bonds is 5. The lowest BCUT2D eigenvalue weighted by atomic mass is 9.85. The molecule has 0 fully saturated rings. The number of aryl methyl sites for hydroxylation is 2. The lowest BCUT2D eigenvalue weighted by Gasteiger charge is -2.26. The molecule has 18 heavy (non-hydrogen) atoms. The Hall–Kier alpha value is -1.09. The highest BCUT2D eigenvalue weighted by molar-refractivity contribution is 5.44. The smallest absolute Gasteiger partial charge is 0.133 e. The zero-order valence-electron chi connectivity index (χ0n) is 12.0. The van der Waals surface area contributed by atoms with Crippen molar-refractivity contribution in [3.63, 3.8) is 0 Å². The Morgan fingerprint density at radius 3 is 2.33 bits per heavy atom. The van der Waals surface area contributed by atoms with Crippen LogP contribution in [0.5, 0.6) is 5.75 Å². The molecular formula is C15H24FNO. The molecule has 2 atom stereocenters. The van der Waals surface area contributed by atoms with Crippen molar-refractivity contribution in [2.45, 2.75) is 33.9 Å². The first-order valence-electron chi connectivity index (χ1n) is 6.41. The second-order valence-electron chi connectivity index (χ2n) is 5.24. The fraction of sp³-hybridized carbons (Fsp3) is 0.600.